The molecule has 21 heavy (non-hydrogen) atoms. The molecule has 4 heteroatoms. The third-order valence-corrected chi connectivity index (χ3v) is 3.49. The zero-order valence-corrected chi connectivity index (χ0v) is 12.5. The van der Waals surface area contributed by atoms with Crippen molar-refractivity contribution in [2.24, 2.45) is 0 Å². The van der Waals surface area contributed by atoms with E-state index in [2.05, 4.69) is 4.98 Å². The van der Waals surface area contributed by atoms with Gasteiger partial charge in [-0.25, -0.2) is 0 Å². The van der Waals surface area contributed by atoms with E-state index >= 15 is 0 Å². The van der Waals surface area contributed by atoms with Crippen molar-refractivity contribution in [1.82, 2.24) is 4.98 Å². The van der Waals surface area contributed by atoms with Crippen molar-refractivity contribution < 1.29 is 14.6 Å². The lowest BCUT2D eigenvalue weighted by Crippen LogP contribution is -2.16. The quantitative estimate of drug-likeness (QED) is 0.917. The number of aryl methyl sites for hydroxylation is 2. The molecule has 1 aromatic carbocycles. The first kappa shape index (κ1) is 15.0. The van der Waals surface area contributed by atoms with Gasteiger partial charge in [-0.15, -0.1) is 0 Å². The number of hydrogen-bond acceptors (Lipinski definition) is 3. The average Bonchev–Trinajstić information content (AvgIpc) is 2.45. The fourth-order valence-corrected chi connectivity index (χ4v) is 2.44. The van der Waals surface area contributed by atoms with Gasteiger partial charge in [0, 0.05) is 29.9 Å². The number of carbonyl (C=O) groups is 1. The predicted molar refractivity (Wildman–Crippen MR) is 80.8 cm³/mol. The molecule has 0 spiro atoms. The smallest absolute Gasteiger partial charge is 0.311 e. The summed E-state index contributed by atoms with van der Waals surface area (Å²) in [6.45, 7) is 3.80. The second kappa shape index (κ2) is 6.39. The van der Waals surface area contributed by atoms with Crippen LogP contribution in [0, 0.1) is 13.8 Å². The molecule has 0 aliphatic heterocycles. The van der Waals surface area contributed by atoms with Crippen molar-refractivity contribution in [3.8, 4) is 5.75 Å². The number of rotatable bonds is 5. The molecular formula is C17H19NO3. The van der Waals surface area contributed by atoms with Crippen molar-refractivity contribution >= 4 is 5.97 Å². The topological polar surface area (TPSA) is 59.4 Å². The van der Waals surface area contributed by atoms with E-state index in [0.29, 0.717) is 12.2 Å². The van der Waals surface area contributed by atoms with Gasteiger partial charge in [0.15, 0.2) is 0 Å². The van der Waals surface area contributed by atoms with Crippen molar-refractivity contribution in [1.29, 1.82) is 0 Å². The number of aliphatic carboxylic acids is 1. The Morgan fingerprint density at radius 1 is 1.29 bits per heavy atom. The Hall–Kier alpha value is -2.36. The highest BCUT2D eigenvalue weighted by molar-refractivity contribution is 5.77. The van der Waals surface area contributed by atoms with E-state index in [-0.39, 0.29) is 0 Å². The Morgan fingerprint density at radius 3 is 2.62 bits per heavy atom. The van der Waals surface area contributed by atoms with Crippen LogP contribution in [0.25, 0.3) is 0 Å². The Morgan fingerprint density at radius 2 is 2.00 bits per heavy atom. The van der Waals surface area contributed by atoms with Crippen LogP contribution in [0.15, 0.2) is 36.4 Å². The largest absolute Gasteiger partial charge is 0.497 e. The van der Waals surface area contributed by atoms with E-state index < -0.39 is 11.9 Å². The van der Waals surface area contributed by atoms with E-state index in [1.54, 1.807) is 13.2 Å². The van der Waals surface area contributed by atoms with Gasteiger partial charge in [0.05, 0.1) is 13.0 Å². The van der Waals surface area contributed by atoms with Crippen molar-refractivity contribution in [2.75, 3.05) is 7.11 Å². The number of pyridine rings is 1. The van der Waals surface area contributed by atoms with E-state index in [0.717, 1.165) is 22.5 Å². The standard InChI is InChI=1S/C17H19NO3/c1-11-6-4-5-7-15(11)16(17(19)20)10-13-9-14(21-3)8-12(2)18-13/h4-9,16H,10H2,1-3H3,(H,19,20). The highest BCUT2D eigenvalue weighted by Crippen LogP contribution is 2.25. The minimum atomic E-state index is -0.841. The molecular weight excluding hydrogens is 266 g/mol. The molecule has 0 fully saturated rings. The Labute approximate surface area is 124 Å². The van der Waals surface area contributed by atoms with Gasteiger partial charge in [0.2, 0.25) is 0 Å². The molecule has 0 aliphatic carbocycles. The summed E-state index contributed by atoms with van der Waals surface area (Å²) in [6, 6.07) is 11.2. The normalized spacial score (nSPS) is 12.0. The Kier molecular flexibility index (Phi) is 4.58. The number of nitrogens with zero attached hydrogens (tertiary/aromatic N) is 1. The van der Waals surface area contributed by atoms with E-state index in [1.165, 1.54) is 0 Å². The number of hydrogen-bond donors (Lipinski definition) is 1. The number of ether oxygens (including phenoxy) is 1. The molecule has 1 aromatic heterocycles. The van der Waals surface area contributed by atoms with Gasteiger partial charge in [0.25, 0.3) is 0 Å². The summed E-state index contributed by atoms with van der Waals surface area (Å²) < 4.78 is 5.22. The molecule has 0 amide bonds. The van der Waals surface area contributed by atoms with Crippen LogP contribution in [0.2, 0.25) is 0 Å². The molecule has 2 rings (SSSR count). The number of carboxylic acid groups (broad SMARTS) is 1. The molecule has 0 saturated carbocycles. The van der Waals surface area contributed by atoms with Crippen LogP contribution in [-0.4, -0.2) is 23.2 Å². The Balaban J connectivity index is 2.35. The lowest BCUT2D eigenvalue weighted by Gasteiger charge is -2.15. The summed E-state index contributed by atoms with van der Waals surface area (Å²) in [5, 5.41) is 9.55. The molecule has 4 nitrogen and oxygen atoms in total. The van der Waals surface area contributed by atoms with Crippen LogP contribution in [0.3, 0.4) is 0 Å². The highest BCUT2D eigenvalue weighted by atomic mass is 16.5. The first-order chi connectivity index (χ1) is 10.0. The molecule has 1 atom stereocenters. The minimum Gasteiger partial charge on any atom is -0.497 e. The zero-order valence-electron chi connectivity index (χ0n) is 12.5. The molecule has 0 bridgehead atoms. The molecule has 110 valence electrons. The zero-order chi connectivity index (χ0) is 15.4. The second-order valence-corrected chi connectivity index (χ2v) is 5.09. The van der Waals surface area contributed by atoms with Crippen LogP contribution < -0.4 is 4.74 Å². The van der Waals surface area contributed by atoms with Crippen molar-refractivity contribution in [3.05, 3.63) is 58.9 Å². The summed E-state index contributed by atoms with van der Waals surface area (Å²) in [5.74, 6) is -0.747. The van der Waals surface area contributed by atoms with Crippen LogP contribution in [0.5, 0.6) is 5.75 Å². The van der Waals surface area contributed by atoms with Crippen LogP contribution in [-0.2, 0) is 11.2 Å². The molecule has 0 radical (unpaired) electrons. The van der Waals surface area contributed by atoms with Crippen LogP contribution in [0.4, 0.5) is 0 Å². The maximum absolute atomic E-state index is 11.6. The van der Waals surface area contributed by atoms with Gasteiger partial charge < -0.3 is 9.84 Å². The molecule has 2 aromatic rings. The van der Waals surface area contributed by atoms with Gasteiger partial charge in [-0.3, -0.25) is 9.78 Å². The van der Waals surface area contributed by atoms with Gasteiger partial charge in [-0.2, -0.15) is 0 Å². The monoisotopic (exact) mass is 285 g/mol. The van der Waals surface area contributed by atoms with Crippen molar-refractivity contribution in [2.45, 2.75) is 26.2 Å². The predicted octanol–water partition coefficient (Wildman–Crippen LogP) is 3.12. The SMILES string of the molecule is COc1cc(C)nc(CC(C(=O)O)c2ccccc2C)c1. The number of aromatic nitrogens is 1. The summed E-state index contributed by atoms with van der Waals surface area (Å²) in [5.41, 5.74) is 3.34. The van der Waals surface area contributed by atoms with E-state index in [4.69, 9.17) is 4.74 Å². The second-order valence-electron chi connectivity index (χ2n) is 5.09. The third-order valence-electron chi connectivity index (χ3n) is 3.49. The Bertz CT molecular complexity index is 652. The lowest BCUT2D eigenvalue weighted by atomic mass is 9.91. The van der Waals surface area contributed by atoms with E-state index in [1.807, 2.05) is 44.2 Å². The highest BCUT2D eigenvalue weighted by Gasteiger charge is 2.22. The maximum Gasteiger partial charge on any atom is 0.311 e. The molecule has 1 unspecified atom stereocenters. The number of benzene rings is 1. The van der Waals surface area contributed by atoms with Crippen LogP contribution in [0.1, 0.15) is 28.4 Å². The summed E-state index contributed by atoms with van der Waals surface area (Å²) in [6.07, 6.45) is 0.345. The fourth-order valence-electron chi connectivity index (χ4n) is 2.44. The molecule has 1 heterocycles. The van der Waals surface area contributed by atoms with Crippen LogP contribution >= 0.6 is 0 Å². The molecule has 1 N–H and O–H groups in total. The van der Waals surface area contributed by atoms with E-state index in [9.17, 15) is 9.90 Å². The molecule has 0 saturated heterocycles. The van der Waals surface area contributed by atoms with Gasteiger partial charge in [-0.1, -0.05) is 24.3 Å². The number of carboxylic acids is 1. The summed E-state index contributed by atoms with van der Waals surface area (Å²) >= 11 is 0. The maximum atomic E-state index is 11.6. The summed E-state index contributed by atoms with van der Waals surface area (Å²) in [4.78, 5) is 16.1. The fraction of sp³-hybridized carbons (Fsp3) is 0.294. The first-order valence-corrected chi connectivity index (χ1v) is 6.81. The van der Waals surface area contributed by atoms with Gasteiger partial charge >= 0.3 is 5.97 Å². The average molecular weight is 285 g/mol. The minimum absolute atomic E-state index is 0.345. The van der Waals surface area contributed by atoms with Gasteiger partial charge in [0.1, 0.15) is 5.75 Å². The first-order valence-electron chi connectivity index (χ1n) is 6.81. The molecule has 0 aliphatic rings. The summed E-state index contributed by atoms with van der Waals surface area (Å²) in [7, 11) is 1.59. The third kappa shape index (κ3) is 3.60. The van der Waals surface area contributed by atoms with Crippen molar-refractivity contribution in [3.63, 3.8) is 0 Å². The number of methoxy groups -OCH3 is 1. The van der Waals surface area contributed by atoms with Gasteiger partial charge in [-0.05, 0) is 25.0 Å². The lowest BCUT2D eigenvalue weighted by molar-refractivity contribution is -0.138.